The van der Waals surface area contributed by atoms with Gasteiger partial charge >= 0.3 is 6.09 Å². The SMILES string of the molecule is CC(C)(C)OC(=O)Nc1ccc2nnc(-c3ccccn3)n2c1. The van der Waals surface area contributed by atoms with Crippen LogP contribution < -0.4 is 5.32 Å². The molecule has 0 saturated carbocycles. The van der Waals surface area contributed by atoms with Gasteiger partial charge in [-0.15, -0.1) is 10.2 Å². The molecule has 3 heterocycles. The molecule has 23 heavy (non-hydrogen) atoms. The van der Waals surface area contributed by atoms with E-state index in [1.165, 1.54) is 0 Å². The van der Waals surface area contributed by atoms with Gasteiger partial charge in [-0.25, -0.2) is 4.79 Å². The number of amides is 1. The molecule has 0 bridgehead atoms. The number of pyridine rings is 2. The smallest absolute Gasteiger partial charge is 0.412 e. The Hall–Kier alpha value is -2.96. The highest BCUT2D eigenvalue weighted by Gasteiger charge is 2.17. The van der Waals surface area contributed by atoms with Crippen LogP contribution in [0.15, 0.2) is 42.7 Å². The highest BCUT2D eigenvalue weighted by molar-refractivity contribution is 5.85. The molecule has 7 heteroatoms. The molecule has 118 valence electrons. The molecule has 0 aliphatic heterocycles. The molecule has 0 saturated heterocycles. The maximum absolute atomic E-state index is 11.9. The van der Waals surface area contributed by atoms with E-state index < -0.39 is 11.7 Å². The number of nitrogens with one attached hydrogen (secondary N) is 1. The number of carbonyl (C=O) groups excluding carboxylic acids is 1. The quantitative estimate of drug-likeness (QED) is 0.786. The van der Waals surface area contributed by atoms with E-state index in [1.54, 1.807) is 28.9 Å². The van der Waals surface area contributed by atoms with Crippen LogP contribution in [-0.2, 0) is 4.74 Å². The van der Waals surface area contributed by atoms with E-state index in [-0.39, 0.29) is 0 Å². The van der Waals surface area contributed by atoms with Gasteiger partial charge < -0.3 is 4.74 Å². The maximum Gasteiger partial charge on any atom is 0.412 e. The van der Waals surface area contributed by atoms with Crippen molar-refractivity contribution in [1.82, 2.24) is 19.6 Å². The van der Waals surface area contributed by atoms with Crippen molar-refractivity contribution in [2.75, 3.05) is 5.32 Å². The summed E-state index contributed by atoms with van der Waals surface area (Å²) in [5.74, 6) is 0.605. The molecule has 3 aromatic heterocycles. The minimum Gasteiger partial charge on any atom is -0.444 e. The number of nitrogens with zero attached hydrogens (tertiary/aromatic N) is 4. The molecule has 0 radical (unpaired) electrons. The number of aromatic nitrogens is 4. The molecule has 0 aliphatic carbocycles. The number of hydrogen-bond acceptors (Lipinski definition) is 5. The summed E-state index contributed by atoms with van der Waals surface area (Å²) >= 11 is 0. The molecule has 0 atom stereocenters. The van der Waals surface area contributed by atoms with Gasteiger partial charge in [0.2, 0.25) is 0 Å². The van der Waals surface area contributed by atoms with Crippen LogP contribution in [0, 0.1) is 0 Å². The average Bonchev–Trinajstić information content (AvgIpc) is 2.89. The number of fused-ring (bicyclic) bond motifs is 1. The second kappa shape index (κ2) is 5.68. The van der Waals surface area contributed by atoms with E-state index >= 15 is 0 Å². The molecular formula is C16H17N5O2. The van der Waals surface area contributed by atoms with Gasteiger partial charge in [-0.05, 0) is 45.0 Å². The molecule has 1 N–H and O–H groups in total. The summed E-state index contributed by atoms with van der Waals surface area (Å²) in [4.78, 5) is 16.1. The van der Waals surface area contributed by atoms with Crippen molar-refractivity contribution in [1.29, 1.82) is 0 Å². The summed E-state index contributed by atoms with van der Waals surface area (Å²) in [7, 11) is 0. The first kappa shape index (κ1) is 15.0. The standard InChI is InChI=1S/C16H17N5O2/c1-16(2,3)23-15(22)18-11-7-8-13-19-20-14(21(13)10-11)12-6-4-5-9-17-12/h4-10H,1-3H3,(H,18,22). The normalized spacial score (nSPS) is 11.4. The lowest BCUT2D eigenvalue weighted by molar-refractivity contribution is 0.0636. The predicted octanol–water partition coefficient (Wildman–Crippen LogP) is 3.14. The molecule has 0 spiro atoms. The van der Waals surface area contributed by atoms with Crippen LogP contribution >= 0.6 is 0 Å². The topological polar surface area (TPSA) is 81.4 Å². The summed E-state index contributed by atoms with van der Waals surface area (Å²) in [6.45, 7) is 5.44. The van der Waals surface area contributed by atoms with Gasteiger partial charge in [0.25, 0.3) is 0 Å². The van der Waals surface area contributed by atoms with Crippen LogP contribution in [0.2, 0.25) is 0 Å². The van der Waals surface area contributed by atoms with Gasteiger partial charge in [-0.1, -0.05) is 6.07 Å². The third kappa shape index (κ3) is 3.45. The Kier molecular flexibility index (Phi) is 3.69. The number of anilines is 1. The molecule has 0 aromatic carbocycles. The van der Waals surface area contributed by atoms with Crippen LogP contribution in [0.25, 0.3) is 17.2 Å². The lowest BCUT2D eigenvalue weighted by Gasteiger charge is -2.19. The fourth-order valence-corrected chi connectivity index (χ4v) is 2.06. The van der Waals surface area contributed by atoms with Gasteiger partial charge in [0.05, 0.1) is 5.69 Å². The molecular weight excluding hydrogens is 294 g/mol. The first-order chi connectivity index (χ1) is 10.9. The second-order valence-corrected chi connectivity index (χ2v) is 6.01. The van der Waals surface area contributed by atoms with Crippen LogP contribution in [0.3, 0.4) is 0 Å². The van der Waals surface area contributed by atoms with Crippen molar-refractivity contribution in [2.45, 2.75) is 26.4 Å². The molecule has 3 aromatic rings. The second-order valence-electron chi connectivity index (χ2n) is 6.01. The number of rotatable bonds is 2. The van der Waals surface area contributed by atoms with E-state index in [2.05, 4.69) is 20.5 Å². The zero-order chi connectivity index (χ0) is 16.4. The molecule has 3 rings (SSSR count). The Morgan fingerprint density at radius 2 is 2.00 bits per heavy atom. The Morgan fingerprint density at radius 1 is 1.17 bits per heavy atom. The van der Waals surface area contributed by atoms with Crippen LogP contribution in [-0.4, -0.2) is 31.3 Å². The largest absolute Gasteiger partial charge is 0.444 e. The fraction of sp³-hybridized carbons (Fsp3) is 0.250. The first-order valence-electron chi connectivity index (χ1n) is 7.18. The van der Waals surface area contributed by atoms with E-state index in [0.717, 1.165) is 0 Å². The molecule has 0 fully saturated rings. The van der Waals surface area contributed by atoms with E-state index in [9.17, 15) is 4.79 Å². The van der Waals surface area contributed by atoms with Gasteiger partial charge in [-0.2, -0.15) is 0 Å². The first-order valence-corrected chi connectivity index (χ1v) is 7.18. The summed E-state index contributed by atoms with van der Waals surface area (Å²) in [5.41, 5.74) is 1.41. The van der Waals surface area contributed by atoms with E-state index in [0.29, 0.717) is 22.9 Å². The van der Waals surface area contributed by atoms with Crippen molar-refractivity contribution >= 4 is 17.4 Å². The highest BCUT2D eigenvalue weighted by Crippen LogP contribution is 2.19. The Morgan fingerprint density at radius 3 is 2.70 bits per heavy atom. The summed E-state index contributed by atoms with van der Waals surface area (Å²) in [6.07, 6.45) is 2.92. The number of carbonyl (C=O) groups is 1. The third-order valence-electron chi connectivity index (χ3n) is 2.94. The zero-order valence-electron chi connectivity index (χ0n) is 13.1. The van der Waals surface area contributed by atoms with E-state index in [4.69, 9.17) is 4.74 Å². The zero-order valence-corrected chi connectivity index (χ0v) is 13.1. The van der Waals surface area contributed by atoms with Crippen LogP contribution in [0.1, 0.15) is 20.8 Å². The van der Waals surface area contributed by atoms with Gasteiger partial charge in [0.1, 0.15) is 11.3 Å². The van der Waals surface area contributed by atoms with Crippen molar-refractivity contribution < 1.29 is 9.53 Å². The summed E-state index contributed by atoms with van der Waals surface area (Å²) in [6, 6.07) is 9.08. The molecule has 1 amide bonds. The van der Waals surface area contributed by atoms with Crippen molar-refractivity contribution in [3.05, 3.63) is 42.7 Å². The summed E-state index contributed by atoms with van der Waals surface area (Å²) < 4.78 is 7.02. The summed E-state index contributed by atoms with van der Waals surface area (Å²) in [5, 5.41) is 11.0. The lowest BCUT2D eigenvalue weighted by Crippen LogP contribution is -2.27. The van der Waals surface area contributed by atoms with Gasteiger partial charge in [-0.3, -0.25) is 14.7 Å². The van der Waals surface area contributed by atoms with Crippen LogP contribution in [0.5, 0.6) is 0 Å². The highest BCUT2D eigenvalue weighted by atomic mass is 16.6. The monoisotopic (exact) mass is 311 g/mol. The van der Waals surface area contributed by atoms with Gasteiger partial charge in [0, 0.05) is 12.4 Å². The molecule has 7 nitrogen and oxygen atoms in total. The molecule has 0 unspecified atom stereocenters. The van der Waals surface area contributed by atoms with Crippen molar-refractivity contribution in [3.63, 3.8) is 0 Å². The number of hydrogen-bond donors (Lipinski definition) is 1. The maximum atomic E-state index is 11.9. The lowest BCUT2D eigenvalue weighted by atomic mass is 10.2. The van der Waals surface area contributed by atoms with Gasteiger partial charge in [0.15, 0.2) is 11.5 Å². The molecule has 0 aliphatic rings. The van der Waals surface area contributed by atoms with Crippen LogP contribution in [0.4, 0.5) is 10.5 Å². The third-order valence-corrected chi connectivity index (χ3v) is 2.94. The Labute approximate surface area is 133 Å². The Balaban J connectivity index is 1.91. The van der Waals surface area contributed by atoms with Crippen molar-refractivity contribution in [3.8, 4) is 11.5 Å². The van der Waals surface area contributed by atoms with Crippen molar-refractivity contribution in [2.24, 2.45) is 0 Å². The fourth-order valence-electron chi connectivity index (χ4n) is 2.06. The average molecular weight is 311 g/mol. The number of ether oxygens (including phenoxy) is 1. The minimum absolute atomic E-state index is 0.510. The Bertz CT molecular complexity index is 837. The predicted molar refractivity (Wildman–Crippen MR) is 86.1 cm³/mol. The minimum atomic E-state index is -0.552. The van der Waals surface area contributed by atoms with E-state index in [1.807, 2.05) is 39.0 Å².